The number of amides is 3. The Hall–Kier alpha value is -3.03. The van der Waals surface area contributed by atoms with Gasteiger partial charge in [0.05, 0.1) is 18.7 Å². The first-order chi connectivity index (χ1) is 16.9. The van der Waals surface area contributed by atoms with Crippen LogP contribution in [0.25, 0.3) is 10.9 Å². The van der Waals surface area contributed by atoms with Gasteiger partial charge >= 0.3 is 0 Å². The minimum absolute atomic E-state index is 0.0525. The number of halogens is 1. The molecule has 4 rings (SSSR count). The second-order valence-corrected chi connectivity index (χ2v) is 17.1. The summed E-state index contributed by atoms with van der Waals surface area (Å²) in [6.45, 7) is 6.32. The Morgan fingerprint density at radius 2 is 2.00 bits per heavy atom. The third kappa shape index (κ3) is 5.85. The van der Waals surface area contributed by atoms with E-state index in [0.717, 1.165) is 12.8 Å². The molecule has 0 radical (unpaired) electrons. The van der Waals surface area contributed by atoms with Crippen LogP contribution in [0.5, 0.6) is 5.75 Å². The van der Waals surface area contributed by atoms with Gasteiger partial charge in [0.2, 0.25) is 11.8 Å². The second-order valence-electron chi connectivity index (χ2n) is 11.1. The molecular formula is C25H32ClN5O4Si. The fourth-order valence-electron chi connectivity index (χ4n) is 4.87. The van der Waals surface area contributed by atoms with Crippen LogP contribution in [0.3, 0.4) is 0 Å². The van der Waals surface area contributed by atoms with Crippen LogP contribution in [0, 0.1) is 17.2 Å². The van der Waals surface area contributed by atoms with Gasteiger partial charge in [-0.3, -0.25) is 14.4 Å². The van der Waals surface area contributed by atoms with E-state index in [0.29, 0.717) is 34.1 Å². The zero-order valence-corrected chi connectivity index (χ0v) is 22.7. The van der Waals surface area contributed by atoms with Gasteiger partial charge in [-0.05, 0) is 49.9 Å². The summed E-state index contributed by atoms with van der Waals surface area (Å²) in [6, 6.07) is 6.00. The van der Waals surface area contributed by atoms with Crippen molar-refractivity contribution in [3.63, 3.8) is 0 Å². The van der Waals surface area contributed by atoms with Gasteiger partial charge in [0, 0.05) is 29.9 Å². The predicted octanol–water partition coefficient (Wildman–Crippen LogP) is 3.33. The molecule has 0 unspecified atom stereocenters. The largest absolute Gasteiger partial charge is 0.496 e. The van der Waals surface area contributed by atoms with Crippen molar-refractivity contribution in [2.75, 3.05) is 7.11 Å². The molecule has 0 bridgehead atoms. The molecule has 1 aliphatic heterocycles. The molecule has 2 aromatic rings. The molecule has 192 valence electrons. The topological polar surface area (TPSA) is 136 Å². The highest BCUT2D eigenvalue weighted by Gasteiger charge is 2.52. The van der Waals surface area contributed by atoms with E-state index in [1.165, 1.54) is 7.11 Å². The van der Waals surface area contributed by atoms with Crippen LogP contribution in [0.4, 0.5) is 0 Å². The molecule has 2 fully saturated rings. The molecular weight excluding hydrogens is 498 g/mol. The van der Waals surface area contributed by atoms with Crippen molar-refractivity contribution < 1.29 is 19.1 Å². The fourth-order valence-corrected chi connectivity index (χ4v) is 6.59. The number of rotatable bonds is 9. The number of hydrogen-bond acceptors (Lipinski definition) is 5. The minimum Gasteiger partial charge on any atom is -0.496 e. The molecule has 2 heterocycles. The van der Waals surface area contributed by atoms with Crippen molar-refractivity contribution in [1.29, 1.82) is 5.26 Å². The van der Waals surface area contributed by atoms with E-state index >= 15 is 0 Å². The lowest BCUT2D eigenvalue weighted by atomic mass is 9.96. The maximum atomic E-state index is 13.3. The van der Waals surface area contributed by atoms with Crippen LogP contribution in [0.15, 0.2) is 18.2 Å². The number of carbonyl (C=O) groups is 3. The normalized spacial score (nSPS) is 19.9. The van der Waals surface area contributed by atoms with Crippen molar-refractivity contribution >= 4 is 48.3 Å². The summed E-state index contributed by atoms with van der Waals surface area (Å²) in [4.78, 5) is 41.8. The van der Waals surface area contributed by atoms with Gasteiger partial charge in [0.15, 0.2) is 0 Å². The quantitative estimate of drug-likeness (QED) is 0.369. The van der Waals surface area contributed by atoms with Crippen LogP contribution < -0.4 is 20.7 Å². The lowest BCUT2D eigenvalue weighted by Crippen LogP contribution is -2.52. The fraction of sp³-hybridized carbons (Fsp3) is 0.520. The third-order valence-electron chi connectivity index (χ3n) is 6.81. The van der Waals surface area contributed by atoms with E-state index in [1.807, 2.05) is 0 Å². The summed E-state index contributed by atoms with van der Waals surface area (Å²) >= 11 is 6.14. The number of aromatic nitrogens is 1. The Bertz CT molecular complexity index is 1240. The highest BCUT2D eigenvalue weighted by atomic mass is 35.5. The number of nitriles is 1. The first-order valence-corrected chi connectivity index (χ1v) is 16.2. The van der Waals surface area contributed by atoms with Crippen LogP contribution >= 0.6 is 11.6 Å². The molecule has 11 heteroatoms. The number of H-pyrrole nitrogens is 1. The Kier molecular flexibility index (Phi) is 7.08. The number of nitrogens with one attached hydrogen (secondary N) is 4. The molecule has 4 N–H and O–H groups in total. The van der Waals surface area contributed by atoms with Crippen LogP contribution in [0.1, 0.15) is 36.2 Å². The van der Waals surface area contributed by atoms with E-state index in [2.05, 4.69) is 46.6 Å². The maximum Gasteiger partial charge on any atom is 0.268 e. The summed E-state index contributed by atoms with van der Waals surface area (Å²) in [5.41, 5.74) is 0.823. The molecule has 1 aromatic carbocycles. The van der Waals surface area contributed by atoms with Crippen LogP contribution in [-0.2, 0) is 9.59 Å². The standard InChI is InChI=1S/C25H32ClN5O4Si/c1-35-21-9-15(26)8-18-17(21)10-19(29-18)23(33)30-20(13-36(2,3)4)24(34)28-16(12-27)7-14-11-25(5-6-25)31-22(14)32/h8-10,14,16,20,29H,5-7,11,13H2,1-4H3,(H,28,34)(H,30,33)(H,31,32)/t14-,16+,20+/m1/s1. The molecule has 1 saturated carbocycles. The predicted molar refractivity (Wildman–Crippen MR) is 140 cm³/mol. The van der Waals surface area contributed by atoms with Crippen molar-refractivity contribution in [3.05, 3.63) is 28.9 Å². The van der Waals surface area contributed by atoms with Crippen molar-refractivity contribution in [2.45, 2.75) is 69.0 Å². The number of aromatic amines is 1. The van der Waals surface area contributed by atoms with Gasteiger partial charge in [-0.15, -0.1) is 0 Å². The number of nitrogens with zero attached hydrogens (tertiary/aromatic N) is 1. The van der Waals surface area contributed by atoms with E-state index in [4.69, 9.17) is 16.3 Å². The second kappa shape index (κ2) is 9.79. The zero-order chi connectivity index (χ0) is 26.3. The van der Waals surface area contributed by atoms with Gasteiger partial charge in [-0.2, -0.15) is 5.26 Å². The van der Waals surface area contributed by atoms with Gasteiger partial charge in [-0.25, -0.2) is 0 Å². The Morgan fingerprint density at radius 3 is 2.58 bits per heavy atom. The van der Waals surface area contributed by atoms with E-state index < -0.39 is 32.0 Å². The monoisotopic (exact) mass is 529 g/mol. The molecule has 9 nitrogen and oxygen atoms in total. The van der Waals surface area contributed by atoms with Crippen LogP contribution in [-0.4, -0.2) is 55.5 Å². The lowest BCUT2D eigenvalue weighted by Gasteiger charge is -2.26. The molecule has 2 aliphatic rings. The molecule has 1 aromatic heterocycles. The highest BCUT2D eigenvalue weighted by Crippen LogP contribution is 2.46. The van der Waals surface area contributed by atoms with Crippen LogP contribution in [0.2, 0.25) is 30.7 Å². The SMILES string of the molecule is COc1cc(Cl)cc2[nH]c(C(=O)N[C@@H](C[Si](C)(C)C)C(=O)N[C@H](C#N)C[C@@H]3CC4(CC4)NC3=O)cc12. The Labute approximate surface area is 216 Å². The summed E-state index contributed by atoms with van der Waals surface area (Å²) in [6.07, 6.45) is 2.89. The maximum absolute atomic E-state index is 13.3. The van der Waals surface area contributed by atoms with E-state index in [9.17, 15) is 19.6 Å². The minimum atomic E-state index is -1.79. The molecule has 36 heavy (non-hydrogen) atoms. The first kappa shape index (κ1) is 26.0. The molecule has 1 aliphatic carbocycles. The highest BCUT2D eigenvalue weighted by molar-refractivity contribution is 6.76. The average Bonchev–Trinajstić information content (AvgIpc) is 3.27. The van der Waals surface area contributed by atoms with Gasteiger partial charge < -0.3 is 25.7 Å². The van der Waals surface area contributed by atoms with Crippen molar-refractivity contribution in [1.82, 2.24) is 20.9 Å². The summed E-state index contributed by atoms with van der Waals surface area (Å²) < 4.78 is 5.37. The van der Waals surface area contributed by atoms with Crippen molar-refractivity contribution in [2.24, 2.45) is 5.92 Å². The molecule has 1 saturated heterocycles. The number of hydrogen-bond donors (Lipinski definition) is 4. The molecule has 3 amide bonds. The van der Waals surface area contributed by atoms with Gasteiger partial charge in [-0.1, -0.05) is 31.2 Å². The molecule has 1 spiro atoms. The van der Waals surface area contributed by atoms with Gasteiger partial charge in [0.25, 0.3) is 5.91 Å². The number of methoxy groups -OCH3 is 1. The van der Waals surface area contributed by atoms with E-state index in [1.54, 1.807) is 18.2 Å². The van der Waals surface area contributed by atoms with Gasteiger partial charge in [0.1, 0.15) is 23.5 Å². The third-order valence-corrected chi connectivity index (χ3v) is 8.66. The number of carbonyl (C=O) groups excluding carboxylic acids is 3. The molecule has 3 atom stereocenters. The van der Waals surface area contributed by atoms with E-state index in [-0.39, 0.29) is 29.5 Å². The number of fused-ring (bicyclic) bond motifs is 1. The number of ether oxygens (including phenoxy) is 1. The summed E-state index contributed by atoms with van der Waals surface area (Å²) in [7, 11) is -0.269. The lowest BCUT2D eigenvalue weighted by molar-refractivity contribution is -0.125. The Balaban J connectivity index is 1.47. The average molecular weight is 530 g/mol. The summed E-state index contributed by atoms with van der Waals surface area (Å²) in [5, 5.41) is 19.5. The first-order valence-electron chi connectivity index (χ1n) is 12.1. The summed E-state index contributed by atoms with van der Waals surface area (Å²) in [5.74, 6) is -0.681. The van der Waals surface area contributed by atoms with Crippen molar-refractivity contribution in [3.8, 4) is 11.8 Å². The Morgan fingerprint density at radius 1 is 1.28 bits per heavy atom. The smallest absolute Gasteiger partial charge is 0.268 e. The zero-order valence-electron chi connectivity index (χ0n) is 21.0. The number of benzene rings is 1.